The van der Waals surface area contributed by atoms with Gasteiger partial charge in [-0.3, -0.25) is 14.2 Å². The van der Waals surface area contributed by atoms with E-state index in [4.69, 9.17) is 10.5 Å². The Morgan fingerprint density at radius 3 is 2.44 bits per heavy atom. The minimum atomic E-state index is -0.669. The average Bonchev–Trinajstić information content (AvgIpc) is 2.97. The van der Waals surface area contributed by atoms with E-state index >= 15 is 0 Å². The largest absolute Gasteiger partial charge is 0.467 e. The lowest BCUT2D eigenvalue weighted by molar-refractivity contribution is 0.100. The van der Waals surface area contributed by atoms with Gasteiger partial charge in [0.2, 0.25) is 5.95 Å². The number of pyridine rings is 1. The molecule has 0 radical (unpaired) electrons. The van der Waals surface area contributed by atoms with E-state index in [1.807, 2.05) is 61.5 Å². The topological polar surface area (TPSA) is 150 Å². The maximum Gasteiger partial charge on any atom is 0.316 e. The summed E-state index contributed by atoms with van der Waals surface area (Å²) in [6.45, 7) is 1.88. The number of nitrogens with two attached hydrogens (primary N) is 1. The number of ether oxygens (including phenoxy) is 1. The number of para-hydroxylation sites is 1. The number of hydrogen-bond acceptors (Lipinski definition) is 9. The first kappa shape index (κ1) is 25.3. The first-order valence-corrected chi connectivity index (χ1v) is 12.1. The fourth-order valence-electron chi connectivity index (χ4n) is 4.42. The summed E-state index contributed by atoms with van der Waals surface area (Å²) in [5.41, 5.74) is 8.21. The van der Waals surface area contributed by atoms with Gasteiger partial charge in [-0.25, -0.2) is 15.0 Å². The van der Waals surface area contributed by atoms with Crippen molar-refractivity contribution in [2.24, 2.45) is 5.73 Å². The van der Waals surface area contributed by atoms with E-state index in [-0.39, 0.29) is 23.0 Å². The molecule has 2 aromatic carbocycles. The van der Waals surface area contributed by atoms with E-state index in [9.17, 15) is 9.59 Å². The van der Waals surface area contributed by atoms with Crippen LogP contribution >= 0.6 is 0 Å². The Bertz CT molecular complexity index is 1720. The van der Waals surface area contributed by atoms with Crippen LogP contribution in [0.4, 0.5) is 11.8 Å². The van der Waals surface area contributed by atoms with Gasteiger partial charge in [-0.15, -0.1) is 0 Å². The van der Waals surface area contributed by atoms with Crippen LogP contribution < -0.4 is 26.7 Å². The fourth-order valence-corrected chi connectivity index (χ4v) is 4.42. The molecule has 3 heterocycles. The van der Waals surface area contributed by atoms with Gasteiger partial charge in [0.25, 0.3) is 11.5 Å². The first-order chi connectivity index (χ1) is 18.9. The Hall–Kier alpha value is -5.32. The molecule has 0 saturated heterocycles. The maximum absolute atomic E-state index is 14.3. The molecule has 0 spiro atoms. The number of aromatic nitrogens is 5. The number of nitrogens with one attached hydrogen (secondary N) is 2. The number of primary amides is 1. The number of anilines is 2. The average molecular weight is 523 g/mol. The van der Waals surface area contributed by atoms with Gasteiger partial charge in [0.05, 0.1) is 24.1 Å². The highest BCUT2D eigenvalue weighted by molar-refractivity contribution is 5.98. The minimum absolute atomic E-state index is 0.136. The third-order valence-electron chi connectivity index (χ3n) is 6.29. The third kappa shape index (κ3) is 4.85. The molecular weight excluding hydrogens is 496 g/mol. The van der Waals surface area contributed by atoms with Gasteiger partial charge >= 0.3 is 6.01 Å². The molecule has 39 heavy (non-hydrogen) atoms. The molecule has 4 N–H and O–H groups in total. The lowest BCUT2D eigenvalue weighted by Crippen LogP contribution is -2.26. The van der Waals surface area contributed by atoms with Crippen molar-refractivity contribution in [2.45, 2.75) is 13.0 Å². The predicted octanol–water partition coefficient (Wildman–Crippen LogP) is 3.56. The second-order valence-electron chi connectivity index (χ2n) is 8.71. The highest BCUT2D eigenvalue weighted by Crippen LogP contribution is 2.30. The summed E-state index contributed by atoms with van der Waals surface area (Å²) in [7, 11) is 3.17. The van der Waals surface area contributed by atoms with Crippen molar-refractivity contribution in [3.63, 3.8) is 0 Å². The van der Waals surface area contributed by atoms with Crippen LogP contribution in [0.2, 0.25) is 0 Å². The number of carbonyl (C=O) groups excluding carboxylic acids is 1. The normalized spacial score (nSPS) is 11.7. The van der Waals surface area contributed by atoms with Gasteiger partial charge in [-0.2, -0.15) is 4.98 Å². The summed E-state index contributed by atoms with van der Waals surface area (Å²) < 4.78 is 6.74. The van der Waals surface area contributed by atoms with Crippen LogP contribution in [0.25, 0.3) is 27.6 Å². The number of methoxy groups -OCH3 is 1. The van der Waals surface area contributed by atoms with E-state index in [1.54, 1.807) is 24.0 Å². The third-order valence-corrected chi connectivity index (χ3v) is 6.29. The molecule has 3 aromatic heterocycles. The lowest BCUT2D eigenvalue weighted by atomic mass is 9.99. The second-order valence-corrected chi connectivity index (χ2v) is 8.71. The van der Waals surface area contributed by atoms with Crippen LogP contribution in [0.5, 0.6) is 6.01 Å². The van der Waals surface area contributed by atoms with Crippen molar-refractivity contribution >= 4 is 28.4 Å². The molecule has 5 rings (SSSR count). The van der Waals surface area contributed by atoms with Crippen LogP contribution in [0.3, 0.4) is 0 Å². The van der Waals surface area contributed by atoms with Crippen molar-refractivity contribution in [1.29, 1.82) is 0 Å². The molecule has 0 fully saturated rings. The van der Waals surface area contributed by atoms with E-state index in [1.165, 1.54) is 13.3 Å². The summed E-state index contributed by atoms with van der Waals surface area (Å²) in [5, 5.41) is 7.37. The van der Waals surface area contributed by atoms with E-state index in [0.717, 1.165) is 5.39 Å². The Balaban J connectivity index is 1.71. The quantitative estimate of drug-likeness (QED) is 0.278. The molecule has 0 unspecified atom stereocenters. The molecule has 5 aromatic rings. The van der Waals surface area contributed by atoms with Crippen LogP contribution in [0, 0.1) is 0 Å². The van der Waals surface area contributed by atoms with Gasteiger partial charge in [0.1, 0.15) is 5.82 Å². The predicted molar refractivity (Wildman–Crippen MR) is 149 cm³/mol. The van der Waals surface area contributed by atoms with E-state index in [0.29, 0.717) is 33.8 Å². The number of rotatable bonds is 8. The van der Waals surface area contributed by atoms with Crippen LogP contribution in [-0.2, 0) is 0 Å². The van der Waals surface area contributed by atoms with Gasteiger partial charge in [0, 0.05) is 42.6 Å². The molecule has 0 aliphatic rings. The second kappa shape index (κ2) is 10.6. The molecule has 11 nitrogen and oxygen atoms in total. The number of fused-ring (bicyclic) bond motifs is 1. The highest BCUT2D eigenvalue weighted by atomic mass is 16.5. The zero-order valence-electron chi connectivity index (χ0n) is 21.5. The van der Waals surface area contributed by atoms with Crippen molar-refractivity contribution in [3.8, 4) is 22.8 Å². The zero-order valence-corrected chi connectivity index (χ0v) is 21.5. The van der Waals surface area contributed by atoms with Crippen LogP contribution in [0.1, 0.15) is 29.0 Å². The zero-order chi connectivity index (χ0) is 27.5. The molecule has 11 heteroatoms. The summed E-state index contributed by atoms with van der Waals surface area (Å²) in [6, 6.07) is 16.7. The maximum atomic E-state index is 14.3. The molecule has 0 saturated carbocycles. The van der Waals surface area contributed by atoms with Crippen molar-refractivity contribution in [1.82, 2.24) is 24.5 Å². The minimum Gasteiger partial charge on any atom is -0.467 e. The first-order valence-electron chi connectivity index (χ1n) is 12.1. The Morgan fingerprint density at radius 1 is 1.03 bits per heavy atom. The SMILES string of the molecule is CNc1ncc(C(N)=O)c(N[C@@H](C)c2cc3cccc(-c4cnc(OC)nc4)c3c(=O)n2-c2ccccc2)n1. The molecule has 196 valence electrons. The number of benzene rings is 2. The lowest BCUT2D eigenvalue weighted by Gasteiger charge is -2.22. The number of amides is 1. The van der Waals surface area contributed by atoms with Crippen molar-refractivity contribution < 1.29 is 9.53 Å². The highest BCUT2D eigenvalue weighted by Gasteiger charge is 2.21. The summed E-state index contributed by atoms with van der Waals surface area (Å²) in [5.74, 6) is -0.0941. The molecule has 0 aliphatic heterocycles. The van der Waals surface area contributed by atoms with Crippen LogP contribution in [-0.4, -0.2) is 44.6 Å². The molecule has 0 aliphatic carbocycles. The summed E-state index contributed by atoms with van der Waals surface area (Å²) in [4.78, 5) is 43.2. The standard InChI is InChI=1S/C28H26N8O3/c1-16(34-25-21(24(29)37)15-31-27(30-2)35-25)22-12-17-8-7-11-20(18-13-32-28(39-3)33-14-18)23(17)26(38)36(22)19-9-5-4-6-10-19/h4-16H,1-3H3,(H2,29,37)(H2,30,31,34,35)/t16-/m0/s1. The van der Waals surface area contributed by atoms with Crippen molar-refractivity contribution in [3.05, 3.63) is 94.8 Å². The Morgan fingerprint density at radius 2 is 1.77 bits per heavy atom. The van der Waals surface area contributed by atoms with Gasteiger partial charge in [-0.05, 0) is 36.1 Å². The number of nitrogens with zero attached hydrogens (tertiary/aromatic N) is 5. The van der Waals surface area contributed by atoms with Crippen LogP contribution in [0.15, 0.2) is 78.0 Å². The van der Waals surface area contributed by atoms with E-state index < -0.39 is 11.9 Å². The molecular formula is C28H26N8O3. The Kier molecular flexibility index (Phi) is 6.87. The monoisotopic (exact) mass is 522 g/mol. The van der Waals surface area contributed by atoms with Crippen molar-refractivity contribution in [2.75, 3.05) is 24.8 Å². The summed E-state index contributed by atoms with van der Waals surface area (Å²) >= 11 is 0. The Labute approximate surface area is 223 Å². The number of hydrogen-bond donors (Lipinski definition) is 3. The fraction of sp³-hybridized carbons (Fsp3) is 0.143. The van der Waals surface area contributed by atoms with Gasteiger partial charge in [-0.1, -0.05) is 36.4 Å². The van der Waals surface area contributed by atoms with Gasteiger partial charge in [0.15, 0.2) is 0 Å². The smallest absolute Gasteiger partial charge is 0.316 e. The summed E-state index contributed by atoms with van der Waals surface area (Å²) in [6.07, 6.45) is 4.62. The van der Waals surface area contributed by atoms with Gasteiger partial charge < -0.3 is 21.1 Å². The molecule has 1 amide bonds. The number of carbonyl (C=O) groups is 1. The molecule has 0 bridgehead atoms. The van der Waals surface area contributed by atoms with E-state index in [2.05, 4.69) is 30.6 Å². The molecule has 1 atom stereocenters.